The highest BCUT2D eigenvalue weighted by Crippen LogP contribution is 2.26. The van der Waals surface area contributed by atoms with Gasteiger partial charge in [-0.05, 0) is 54.3 Å². The van der Waals surface area contributed by atoms with Gasteiger partial charge in [0.05, 0.1) is 22.6 Å². The average Bonchev–Trinajstić information content (AvgIpc) is 3.18. The Morgan fingerprint density at radius 3 is 2.61 bits per heavy atom. The SMILES string of the molecule is Cc1cc(F)ccc1-n1c(SCC(=O)Nc2ccc(F)cc2F)nc2ccsc2c1=O. The number of thiophene rings is 1. The number of benzene rings is 2. The van der Waals surface area contributed by atoms with Crippen LogP contribution in [-0.4, -0.2) is 21.2 Å². The maximum absolute atomic E-state index is 13.8. The van der Waals surface area contributed by atoms with E-state index in [9.17, 15) is 22.8 Å². The lowest BCUT2D eigenvalue weighted by atomic mass is 10.2. The molecule has 0 aliphatic heterocycles. The lowest BCUT2D eigenvalue weighted by molar-refractivity contribution is -0.113. The molecule has 0 saturated heterocycles. The Kier molecular flexibility index (Phi) is 5.84. The van der Waals surface area contributed by atoms with Crippen molar-refractivity contribution < 1.29 is 18.0 Å². The molecule has 1 N–H and O–H groups in total. The topological polar surface area (TPSA) is 64.0 Å². The van der Waals surface area contributed by atoms with Crippen molar-refractivity contribution >= 4 is 44.9 Å². The summed E-state index contributed by atoms with van der Waals surface area (Å²) < 4.78 is 42.2. The summed E-state index contributed by atoms with van der Waals surface area (Å²) in [6, 6.07) is 8.55. The zero-order valence-corrected chi connectivity index (χ0v) is 17.6. The summed E-state index contributed by atoms with van der Waals surface area (Å²) in [6.45, 7) is 1.67. The van der Waals surface area contributed by atoms with Crippen molar-refractivity contribution in [3.05, 3.63) is 81.2 Å². The number of anilines is 1. The van der Waals surface area contributed by atoms with Gasteiger partial charge in [0.25, 0.3) is 5.56 Å². The highest BCUT2D eigenvalue weighted by atomic mass is 32.2. The Morgan fingerprint density at radius 2 is 1.87 bits per heavy atom. The number of nitrogens with zero attached hydrogens (tertiary/aromatic N) is 2. The molecule has 158 valence electrons. The van der Waals surface area contributed by atoms with Gasteiger partial charge in [-0.2, -0.15) is 0 Å². The van der Waals surface area contributed by atoms with Crippen molar-refractivity contribution in [1.82, 2.24) is 9.55 Å². The molecular weight excluding hydrogens is 447 g/mol. The number of hydrogen-bond donors (Lipinski definition) is 1. The number of halogens is 3. The lowest BCUT2D eigenvalue weighted by Crippen LogP contribution is -2.23. The number of amides is 1. The van der Waals surface area contributed by atoms with Crippen LogP contribution in [0.4, 0.5) is 18.9 Å². The van der Waals surface area contributed by atoms with E-state index in [1.54, 1.807) is 18.4 Å². The van der Waals surface area contributed by atoms with Crippen LogP contribution in [0.5, 0.6) is 0 Å². The van der Waals surface area contributed by atoms with E-state index in [1.807, 2.05) is 0 Å². The zero-order valence-electron chi connectivity index (χ0n) is 16.0. The largest absolute Gasteiger partial charge is 0.323 e. The van der Waals surface area contributed by atoms with Crippen molar-refractivity contribution in [2.75, 3.05) is 11.1 Å². The van der Waals surface area contributed by atoms with E-state index >= 15 is 0 Å². The molecule has 0 atom stereocenters. The van der Waals surface area contributed by atoms with Crippen LogP contribution in [0.25, 0.3) is 15.9 Å². The number of aryl methyl sites for hydroxylation is 1. The molecule has 1 amide bonds. The fourth-order valence-corrected chi connectivity index (χ4v) is 4.54. The van der Waals surface area contributed by atoms with Gasteiger partial charge in [0.15, 0.2) is 5.16 Å². The van der Waals surface area contributed by atoms with Gasteiger partial charge in [-0.3, -0.25) is 14.2 Å². The summed E-state index contributed by atoms with van der Waals surface area (Å²) in [6.07, 6.45) is 0. The number of rotatable bonds is 5. The third-order valence-electron chi connectivity index (χ3n) is 4.39. The van der Waals surface area contributed by atoms with Gasteiger partial charge >= 0.3 is 0 Å². The van der Waals surface area contributed by atoms with Gasteiger partial charge in [0.1, 0.15) is 22.2 Å². The Bertz CT molecular complexity index is 1370. The molecule has 4 aromatic rings. The smallest absolute Gasteiger partial charge is 0.276 e. The first-order valence-corrected chi connectivity index (χ1v) is 10.8. The van der Waals surface area contributed by atoms with Crippen LogP contribution in [0, 0.1) is 24.4 Å². The summed E-state index contributed by atoms with van der Waals surface area (Å²) in [4.78, 5) is 29.9. The minimum absolute atomic E-state index is 0.153. The summed E-state index contributed by atoms with van der Waals surface area (Å²) in [5.74, 6) is -2.82. The Hall–Kier alpha value is -3.11. The zero-order chi connectivity index (χ0) is 22.1. The third kappa shape index (κ3) is 4.35. The van der Waals surface area contributed by atoms with Gasteiger partial charge in [-0.15, -0.1) is 11.3 Å². The van der Waals surface area contributed by atoms with Crippen molar-refractivity contribution in [3.63, 3.8) is 0 Å². The van der Waals surface area contributed by atoms with Gasteiger partial charge in [-0.1, -0.05) is 11.8 Å². The van der Waals surface area contributed by atoms with E-state index in [1.165, 1.54) is 34.1 Å². The molecule has 2 heterocycles. The van der Waals surface area contributed by atoms with Crippen LogP contribution >= 0.6 is 23.1 Å². The molecule has 0 radical (unpaired) electrons. The van der Waals surface area contributed by atoms with Gasteiger partial charge in [-0.25, -0.2) is 18.2 Å². The Morgan fingerprint density at radius 1 is 1.13 bits per heavy atom. The van der Waals surface area contributed by atoms with Gasteiger partial charge < -0.3 is 5.32 Å². The number of thioether (sulfide) groups is 1. The Labute approximate surface area is 182 Å². The van der Waals surface area contributed by atoms with E-state index in [4.69, 9.17) is 0 Å². The van der Waals surface area contributed by atoms with Crippen molar-refractivity contribution in [2.45, 2.75) is 12.1 Å². The van der Waals surface area contributed by atoms with Crippen LogP contribution in [0.15, 0.2) is 57.8 Å². The van der Waals surface area contributed by atoms with Gasteiger partial charge in [0, 0.05) is 6.07 Å². The molecule has 31 heavy (non-hydrogen) atoms. The second-order valence-corrected chi connectivity index (χ2v) is 8.42. The number of fused-ring (bicyclic) bond motifs is 1. The first kappa shape index (κ1) is 21.1. The minimum atomic E-state index is -0.894. The summed E-state index contributed by atoms with van der Waals surface area (Å²) in [5.41, 5.74) is 0.974. The van der Waals surface area contributed by atoms with E-state index in [2.05, 4.69) is 10.3 Å². The maximum Gasteiger partial charge on any atom is 0.276 e. The molecule has 0 saturated carbocycles. The predicted molar refractivity (Wildman–Crippen MR) is 116 cm³/mol. The molecule has 10 heteroatoms. The predicted octanol–water partition coefficient (Wildman–Crippen LogP) is 4.90. The number of carbonyl (C=O) groups is 1. The highest BCUT2D eigenvalue weighted by Gasteiger charge is 2.18. The van der Waals surface area contributed by atoms with Crippen molar-refractivity contribution in [2.24, 2.45) is 0 Å². The average molecular weight is 461 g/mol. The van der Waals surface area contributed by atoms with Crippen LogP contribution in [-0.2, 0) is 4.79 Å². The second kappa shape index (κ2) is 8.56. The summed E-state index contributed by atoms with van der Waals surface area (Å²) in [5, 5.41) is 4.34. The fraction of sp³-hybridized carbons (Fsp3) is 0.0952. The molecule has 2 aromatic heterocycles. The lowest BCUT2D eigenvalue weighted by Gasteiger charge is -2.14. The highest BCUT2D eigenvalue weighted by molar-refractivity contribution is 7.99. The molecule has 2 aromatic carbocycles. The molecular formula is C21H14F3N3O2S2. The first-order valence-electron chi connectivity index (χ1n) is 8.98. The summed E-state index contributed by atoms with van der Waals surface area (Å²) >= 11 is 2.22. The van der Waals surface area contributed by atoms with E-state index in [-0.39, 0.29) is 22.2 Å². The molecule has 5 nitrogen and oxygen atoms in total. The van der Waals surface area contributed by atoms with Crippen molar-refractivity contribution in [3.8, 4) is 5.69 Å². The normalized spacial score (nSPS) is 11.1. The Balaban J connectivity index is 1.66. The molecule has 0 fully saturated rings. The number of carbonyl (C=O) groups excluding carboxylic acids is 1. The first-order chi connectivity index (χ1) is 14.8. The number of hydrogen-bond acceptors (Lipinski definition) is 5. The second-order valence-electron chi connectivity index (χ2n) is 6.56. The fourth-order valence-electron chi connectivity index (χ4n) is 2.98. The standard InChI is InChI=1S/C21H14F3N3O2S2/c1-11-8-12(22)3-5-17(11)27-20(29)19-16(6-7-30-19)26-21(27)31-10-18(28)25-15-4-2-13(23)9-14(15)24/h2-9H,10H2,1H3,(H,25,28). The monoisotopic (exact) mass is 461 g/mol. The summed E-state index contributed by atoms with van der Waals surface area (Å²) in [7, 11) is 0. The minimum Gasteiger partial charge on any atom is -0.323 e. The molecule has 0 spiro atoms. The number of nitrogens with one attached hydrogen (secondary N) is 1. The quantitative estimate of drug-likeness (QED) is 0.339. The van der Waals surface area contributed by atoms with E-state index in [0.717, 1.165) is 23.9 Å². The van der Waals surface area contributed by atoms with Crippen LogP contribution in [0.2, 0.25) is 0 Å². The van der Waals surface area contributed by atoms with Crippen LogP contribution in [0.3, 0.4) is 0 Å². The molecule has 0 unspecified atom stereocenters. The molecule has 4 rings (SSSR count). The molecule has 0 aliphatic rings. The molecule has 0 aliphatic carbocycles. The van der Waals surface area contributed by atoms with Crippen LogP contribution < -0.4 is 10.9 Å². The molecule has 0 bridgehead atoms. The maximum atomic E-state index is 13.8. The van der Waals surface area contributed by atoms with Gasteiger partial charge in [0.2, 0.25) is 5.91 Å². The third-order valence-corrected chi connectivity index (χ3v) is 6.22. The van der Waals surface area contributed by atoms with E-state index in [0.29, 0.717) is 27.5 Å². The number of aromatic nitrogens is 2. The van der Waals surface area contributed by atoms with Crippen molar-refractivity contribution in [1.29, 1.82) is 0 Å². The van der Waals surface area contributed by atoms with E-state index < -0.39 is 23.4 Å². The van der Waals surface area contributed by atoms with Crippen LogP contribution in [0.1, 0.15) is 5.56 Å².